The molecular formula is C36H49N5O3. The van der Waals surface area contributed by atoms with Gasteiger partial charge in [0.2, 0.25) is 0 Å². The van der Waals surface area contributed by atoms with E-state index in [1.807, 2.05) is 25.7 Å². The molecule has 1 N–H and O–H groups in total. The van der Waals surface area contributed by atoms with Crippen LogP contribution in [0.2, 0.25) is 0 Å². The van der Waals surface area contributed by atoms with E-state index in [9.17, 15) is 4.79 Å². The first kappa shape index (κ1) is 30.9. The number of likely N-dealkylation sites (N-methyl/N-ethyl adjacent to an activating group) is 1. The normalized spacial score (nSPS) is 25.2. The Kier molecular flexibility index (Phi) is 9.16. The fourth-order valence-electron chi connectivity index (χ4n) is 7.46. The second kappa shape index (κ2) is 13.1. The van der Waals surface area contributed by atoms with Crippen molar-refractivity contribution in [2.45, 2.75) is 103 Å². The van der Waals surface area contributed by atoms with E-state index < -0.39 is 5.60 Å². The Morgan fingerprint density at radius 3 is 2.75 bits per heavy atom. The highest BCUT2D eigenvalue weighted by Crippen LogP contribution is 2.41. The van der Waals surface area contributed by atoms with E-state index in [0.29, 0.717) is 50.0 Å². The predicted molar refractivity (Wildman–Crippen MR) is 172 cm³/mol. The third-order valence-electron chi connectivity index (χ3n) is 9.88. The molecule has 8 nitrogen and oxygen atoms in total. The van der Waals surface area contributed by atoms with Crippen LogP contribution < -0.4 is 10.1 Å². The second-order valence-electron chi connectivity index (χ2n) is 14.2. The lowest BCUT2D eigenvalue weighted by molar-refractivity contribution is 0.0127. The number of aryl methyl sites for hydroxylation is 1. The van der Waals surface area contributed by atoms with Gasteiger partial charge in [-0.2, -0.15) is 9.97 Å². The summed E-state index contributed by atoms with van der Waals surface area (Å²) in [6.45, 7) is 11.8. The summed E-state index contributed by atoms with van der Waals surface area (Å²) in [4.78, 5) is 27.1. The number of likely N-dealkylation sites (tertiary alicyclic amines) is 1. The average molecular weight is 600 g/mol. The molecule has 44 heavy (non-hydrogen) atoms. The molecule has 2 fully saturated rings. The van der Waals surface area contributed by atoms with Crippen molar-refractivity contribution in [3.05, 3.63) is 51.8 Å². The van der Waals surface area contributed by atoms with Crippen molar-refractivity contribution >= 4 is 6.09 Å². The Morgan fingerprint density at radius 1 is 1.09 bits per heavy atom. The average Bonchev–Trinajstić information content (AvgIpc) is 3.64. The number of amides is 1. The van der Waals surface area contributed by atoms with Gasteiger partial charge in [-0.3, -0.25) is 0 Å². The zero-order valence-corrected chi connectivity index (χ0v) is 27.2. The summed E-state index contributed by atoms with van der Waals surface area (Å²) in [6.07, 6.45) is 8.01. The number of piperazine rings is 1. The number of hydrogen-bond donors (Lipinski definition) is 1. The van der Waals surface area contributed by atoms with Crippen molar-refractivity contribution in [2.75, 3.05) is 39.8 Å². The molecule has 2 aromatic rings. The zero-order valence-electron chi connectivity index (χ0n) is 27.2. The number of hydrogen-bond acceptors (Lipinski definition) is 7. The molecule has 6 rings (SSSR count). The van der Waals surface area contributed by atoms with Crippen LogP contribution in [0.4, 0.5) is 4.79 Å². The Morgan fingerprint density at radius 2 is 1.95 bits per heavy atom. The topological polar surface area (TPSA) is 79.8 Å². The van der Waals surface area contributed by atoms with Crippen LogP contribution in [0.3, 0.4) is 0 Å². The van der Waals surface area contributed by atoms with Crippen molar-refractivity contribution in [3.8, 4) is 17.9 Å². The molecule has 2 saturated heterocycles. The van der Waals surface area contributed by atoms with Crippen LogP contribution in [0.15, 0.2) is 18.2 Å². The number of ether oxygens (including phenoxy) is 2. The summed E-state index contributed by atoms with van der Waals surface area (Å²) in [5.74, 6) is 7.71. The van der Waals surface area contributed by atoms with Gasteiger partial charge in [0.25, 0.3) is 0 Å². The van der Waals surface area contributed by atoms with Gasteiger partial charge in [0, 0.05) is 37.7 Å². The molecule has 2 aliphatic carbocycles. The second-order valence-corrected chi connectivity index (χ2v) is 14.2. The van der Waals surface area contributed by atoms with E-state index in [4.69, 9.17) is 19.4 Å². The van der Waals surface area contributed by atoms with Gasteiger partial charge in [0.1, 0.15) is 17.9 Å². The lowest BCUT2D eigenvalue weighted by Gasteiger charge is -2.36. The smallest absolute Gasteiger partial charge is 0.410 e. The highest BCUT2D eigenvalue weighted by Gasteiger charge is 2.34. The lowest BCUT2D eigenvalue weighted by atomic mass is 9.73. The molecule has 4 aliphatic rings. The van der Waals surface area contributed by atoms with Crippen LogP contribution in [0.1, 0.15) is 92.9 Å². The Labute approximate surface area is 263 Å². The molecule has 1 aromatic carbocycles. The Hall–Kier alpha value is -3.15. The fraction of sp³-hybridized carbons (Fsp3) is 0.639. The van der Waals surface area contributed by atoms with Crippen LogP contribution in [0.25, 0.3) is 0 Å². The maximum absolute atomic E-state index is 12.9. The maximum atomic E-state index is 12.9. The number of aromatic nitrogens is 2. The molecule has 0 spiro atoms. The molecule has 3 unspecified atom stereocenters. The number of nitrogens with one attached hydrogen (secondary N) is 1. The number of fused-ring (bicyclic) bond motifs is 2. The Balaban J connectivity index is 1.26. The molecule has 2 aliphatic heterocycles. The number of carbonyl (C=O) groups excluding carboxylic acids is 1. The summed E-state index contributed by atoms with van der Waals surface area (Å²) < 4.78 is 12.0. The van der Waals surface area contributed by atoms with Crippen LogP contribution >= 0.6 is 0 Å². The molecule has 0 saturated carbocycles. The molecule has 0 bridgehead atoms. The summed E-state index contributed by atoms with van der Waals surface area (Å²) in [7, 11) is 2.16. The minimum Gasteiger partial charge on any atom is -0.462 e. The highest BCUT2D eigenvalue weighted by molar-refractivity contribution is 5.69. The molecule has 236 valence electrons. The third kappa shape index (κ3) is 6.89. The standard InChI is InChI=1S/C36H49N5O3/c1-24-20-31-32(16-8-12-26-22-37-17-19-41(26)35(42)44-36(2,3)4)38-34(43-23-27-13-9-18-40(27)5)39-33(31)21-30(24)29-15-7-11-25-10-6-14-28(25)29/h7,11,15,24,26-27,30,37H,6,9-10,12-14,17-23H2,1-5H3/t24?,26?,27-,30?/m0/s1. The molecule has 3 heterocycles. The van der Waals surface area contributed by atoms with E-state index in [1.54, 1.807) is 5.56 Å². The zero-order chi connectivity index (χ0) is 30.8. The van der Waals surface area contributed by atoms with Crippen LogP contribution in [0.5, 0.6) is 6.01 Å². The monoisotopic (exact) mass is 599 g/mol. The van der Waals surface area contributed by atoms with Crippen molar-refractivity contribution in [1.29, 1.82) is 0 Å². The quantitative estimate of drug-likeness (QED) is 0.490. The van der Waals surface area contributed by atoms with Gasteiger partial charge in [-0.25, -0.2) is 4.79 Å². The van der Waals surface area contributed by atoms with Gasteiger partial charge >= 0.3 is 12.1 Å². The Bertz CT molecular complexity index is 1420. The van der Waals surface area contributed by atoms with Gasteiger partial charge in [-0.1, -0.05) is 31.0 Å². The summed E-state index contributed by atoms with van der Waals surface area (Å²) in [5, 5.41) is 3.41. The molecule has 1 aromatic heterocycles. The molecular weight excluding hydrogens is 550 g/mol. The van der Waals surface area contributed by atoms with Crippen LogP contribution in [-0.2, 0) is 30.4 Å². The summed E-state index contributed by atoms with van der Waals surface area (Å²) in [5.41, 5.74) is 7.08. The first-order valence-electron chi connectivity index (χ1n) is 16.7. The van der Waals surface area contributed by atoms with Gasteiger partial charge in [-0.05, 0) is 114 Å². The van der Waals surface area contributed by atoms with Gasteiger partial charge in [0.15, 0.2) is 0 Å². The van der Waals surface area contributed by atoms with E-state index in [-0.39, 0.29) is 12.1 Å². The summed E-state index contributed by atoms with van der Waals surface area (Å²) in [6, 6.07) is 7.67. The number of carbonyl (C=O) groups is 1. The van der Waals surface area contributed by atoms with Crippen molar-refractivity contribution in [1.82, 2.24) is 25.1 Å². The van der Waals surface area contributed by atoms with Crippen LogP contribution in [0, 0.1) is 17.8 Å². The molecule has 4 atom stereocenters. The molecule has 1 amide bonds. The van der Waals surface area contributed by atoms with Crippen LogP contribution in [-0.4, -0.2) is 83.4 Å². The van der Waals surface area contributed by atoms with Crippen molar-refractivity contribution in [3.63, 3.8) is 0 Å². The van der Waals surface area contributed by atoms with E-state index >= 15 is 0 Å². The van der Waals surface area contributed by atoms with Gasteiger partial charge in [0.05, 0.1) is 11.7 Å². The van der Waals surface area contributed by atoms with Crippen molar-refractivity contribution < 1.29 is 14.3 Å². The minimum atomic E-state index is -0.531. The third-order valence-corrected chi connectivity index (χ3v) is 9.88. The van der Waals surface area contributed by atoms with E-state index in [0.717, 1.165) is 49.3 Å². The van der Waals surface area contributed by atoms with Gasteiger partial charge in [-0.15, -0.1) is 0 Å². The predicted octanol–water partition coefficient (Wildman–Crippen LogP) is 4.91. The van der Waals surface area contributed by atoms with E-state index in [2.05, 4.69) is 54.2 Å². The largest absolute Gasteiger partial charge is 0.462 e. The number of benzene rings is 1. The summed E-state index contributed by atoms with van der Waals surface area (Å²) >= 11 is 0. The molecule has 0 radical (unpaired) electrons. The first-order valence-corrected chi connectivity index (χ1v) is 16.7. The fourth-order valence-corrected chi connectivity index (χ4v) is 7.46. The highest BCUT2D eigenvalue weighted by atomic mass is 16.6. The first-order chi connectivity index (χ1) is 21.2. The molecule has 8 heteroatoms. The minimum absolute atomic E-state index is 0.0548. The maximum Gasteiger partial charge on any atom is 0.410 e. The van der Waals surface area contributed by atoms with E-state index in [1.165, 1.54) is 36.8 Å². The lowest BCUT2D eigenvalue weighted by Crippen LogP contribution is -2.54. The van der Waals surface area contributed by atoms with Crippen molar-refractivity contribution in [2.24, 2.45) is 5.92 Å². The number of rotatable bonds is 5. The SMILES string of the molecule is CC1Cc2c(C#CCC3CNCCN3C(=O)OC(C)(C)C)nc(OC[C@@H]3CCCN3C)nc2CC1c1cccc2c1CCC2. The number of nitrogens with zero attached hydrogens (tertiary/aromatic N) is 4. The van der Waals surface area contributed by atoms with Gasteiger partial charge < -0.3 is 24.6 Å².